The number of rotatable bonds is 7. The third-order valence-electron chi connectivity index (χ3n) is 5.38. The molecule has 1 amide bonds. The van der Waals surface area contributed by atoms with E-state index < -0.39 is 12.1 Å². The predicted octanol–water partition coefficient (Wildman–Crippen LogP) is 5.70. The molecule has 1 heterocycles. The van der Waals surface area contributed by atoms with Crippen molar-refractivity contribution in [2.24, 2.45) is 0 Å². The van der Waals surface area contributed by atoms with Gasteiger partial charge in [-0.3, -0.25) is 4.79 Å². The molecule has 3 aromatic carbocycles. The van der Waals surface area contributed by atoms with Gasteiger partial charge in [0, 0.05) is 31.1 Å². The summed E-state index contributed by atoms with van der Waals surface area (Å²) in [5, 5.41) is 14.2. The molecule has 2 N–H and O–H groups in total. The van der Waals surface area contributed by atoms with E-state index in [4.69, 9.17) is 27.9 Å². The lowest BCUT2D eigenvalue weighted by molar-refractivity contribution is -0.0814. The minimum absolute atomic E-state index is 0.0254. The first-order valence-electron chi connectivity index (χ1n) is 10.2. The number of benzene rings is 3. The molecular formula is C25H21Cl2FN2O3. The molecule has 0 bridgehead atoms. The number of hydrogen-bond donors (Lipinski definition) is 2. The average Bonchev–Trinajstić information content (AvgIpc) is 3.10. The maximum absolute atomic E-state index is 14.0. The number of carbonyl (C=O) groups is 1. The van der Waals surface area contributed by atoms with E-state index in [2.05, 4.69) is 5.32 Å². The Hall–Kier alpha value is -2.90. The zero-order valence-corrected chi connectivity index (χ0v) is 19.2. The van der Waals surface area contributed by atoms with Crippen molar-refractivity contribution in [1.29, 1.82) is 0 Å². The lowest BCUT2D eigenvalue weighted by Gasteiger charge is -2.15. The lowest BCUT2D eigenvalue weighted by atomic mass is 10.1. The van der Waals surface area contributed by atoms with Gasteiger partial charge >= 0.3 is 0 Å². The van der Waals surface area contributed by atoms with Crippen LogP contribution in [-0.2, 0) is 17.8 Å². The molecule has 4 aromatic rings. The second kappa shape index (κ2) is 9.93. The number of nitrogens with one attached hydrogen (secondary N) is 1. The highest BCUT2D eigenvalue weighted by Gasteiger charge is 2.23. The Morgan fingerprint density at radius 2 is 1.85 bits per heavy atom. The summed E-state index contributed by atoms with van der Waals surface area (Å²) in [6.07, 6.45) is -1.31. The molecule has 0 radical (unpaired) electrons. The Balaban J connectivity index is 1.70. The van der Waals surface area contributed by atoms with E-state index in [-0.39, 0.29) is 22.5 Å². The van der Waals surface area contributed by atoms with Gasteiger partial charge in [-0.1, -0.05) is 59.6 Å². The fourth-order valence-electron chi connectivity index (χ4n) is 3.70. The van der Waals surface area contributed by atoms with Crippen molar-refractivity contribution in [2.75, 3.05) is 7.11 Å². The third kappa shape index (κ3) is 4.89. The van der Waals surface area contributed by atoms with Crippen LogP contribution in [-0.4, -0.2) is 22.7 Å². The second-order valence-corrected chi connectivity index (χ2v) is 8.31. The van der Waals surface area contributed by atoms with E-state index in [0.717, 1.165) is 5.56 Å². The van der Waals surface area contributed by atoms with Gasteiger partial charge in [0.1, 0.15) is 5.82 Å². The van der Waals surface area contributed by atoms with Gasteiger partial charge in [-0.25, -0.2) is 4.39 Å². The number of methoxy groups -OCH3 is 1. The average molecular weight is 487 g/mol. The van der Waals surface area contributed by atoms with E-state index in [1.807, 2.05) is 30.3 Å². The molecule has 5 nitrogen and oxygen atoms in total. The second-order valence-electron chi connectivity index (χ2n) is 7.52. The minimum Gasteiger partial charge on any atom is -0.363 e. The number of hydrogen-bond acceptors (Lipinski definition) is 3. The SMILES string of the molecule is COC(O)c1c(Cl)c2cc(C(=O)NCc3ccccc3)ccc2n1Cc1ccc(Cl)c(F)c1. The molecule has 4 rings (SSSR count). The number of halogens is 3. The highest BCUT2D eigenvalue weighted by atomic mass is 35.5. The predicted molar refractivity (Wildman–Crippen MR) is 127 cm³/mol. The summed E-state index contributed by atoms with van der Waals surface area (Å²) in [5.74, 6) is -0.791. The van der Waals surface area contributed by atoms with Crippen molar-refractivity contribution in [1.82, 2.24) is 9.88 Å². The molecule has 0 spiro atoms. The molecule has 0 aliphatic carbocycles. The zero-order chi connectivity index (χ0) is 23.5. The molecular weight excluding hydrogens is 466 g/mol. The summed E-state index contributed by atoms with van der Waals surface area (Å²) in [6, 6.07) is 19.2. The van der Waals surface area contributed by atoms with Gasteiger partial charge in [-0.2, -0.15) is 0 Å². The van der Waals surface area contributed by atoms with Crippen LogP contribution in [0.2, 0.25) is 10.0 Å². The van der Waals surface area contributed by atoms with Crippen LogP contribution in [0.4, 0.5) is 4.39 Å². The van der Waals surface area contributed by atoms with Crippen LogP contribution in [0.5, 0.6) is 0 Å². The van der Waals surface area contributed by atoms with E-state index >= 15 is 0 Å². The van der Waals surface area contributed by atoms with Gasteiger partial charge in [-0.15, -0.1) is 0 Å². The van der Waals surface area contributed by atoms with E-state index in [1.165, 1.54) is 19.2 Å². The van der Waals surface area contributed by atoms with Crippen molar-refractivity contribution < 1.29 is 19.0 Å². The standard InChI is InChI=1S/C25H21Cl2FN2O3/c1-33-25(32)23-22(27)18-12-17(24(31)29-13-15-5-3-2-4-6-15)8-10-21(18)30(23)14-16-7-9-19(26)20(28)11-16/h2-12,25,32H,13-14H2,1H3,(H,29,31). The van der Waals surface area contributed by atoms with Crippen LogP contribution in [0.3, 0.4) is 0 Å². The molecule has 0 aliphatic rings. The topological polar surface area (TPSA) is 63.5 Å². The molecule has 33 heavy (non-hydrogen) atoms. The summed E-state index contributed by atoms with van der Waals surface area (Å²) in [4.78, 5) is 12.7. The quantitative estimate of drug-likeness (QED) is 0.329. The Bertz CT molecular complexity index is 1310. The van der Waals surface area contributed by atoms with Crippen molar-refractivity contribution in [3.63, 3.8) is 0 Å². The monoisotopic (exact) mass is 486 g/mol. The van der Waals surface area contributed by atoms with Gasteiger partial charge in [0.25, 0.3) is 5.91 Å². The van der Waals surface area contributed by atoms with E-state index in [1.54, 1.807) is 28.8 Å². The van der Waals surface area contributed by atoms with Crippen LogP contribution in [0.1, 0.15) is 33.5 Å². The number of aliphatic hydroxyl groups is 1. The lowest BCUT2D eigenvalue weighted by Crippen LogP contribution is -2.22. The van der Waals surface area contributed by atoms with Crippen LogP contribution >= 0.6 is 23.2 Å². The fraction of sp³-hybridized carbons (Fsp3) is 0.160. The Morgan fingerprint density at radius 1 is 1.09 bits per heavy atom. The Morgan fingerprint density at radius 3 is 2.55 bits per heavy atom. The van der Waals surface area contributed by atoms with Crippen LogP contribution in [0, 0.1) is 5.82 Å². The molecule has 8 heteroatoms. The van der Waals surface area contributed by atoms with Gasteiger partial charge in [-0.05, 0) is 41.5 Å². The summed E-state index contributed by atoms with van der Waals surface area (Å²) in [5.41, 5.74) is 3.01. The maximum atomic E-state index is 14.0. The van der Waals surface area contributed by atoms with Crippen molar-refractivity contribution in [3.8, 4) is 0 Å². The molecule has 170 valence electrons. The fourth-order valence-corrected chi connectivity index (χ4v) is 4.16. The van der Waals surface area contributed by atoms with Gasteiger partial charge in [0.05, 0.1) is 21.3 Å². The number of fused-ring (bicyclic) bond motifs is 1. The Labute approximate surface area is 200 Å². The normalized spacial score (nSPS) is 12.2. The highest BCUT2D eigenvalue weighted by molar-refractivity contribution is 6.36. The molecule has 1 atom stereocenters. The number of carbonyl (C=O) groups excluding carboxylic acids is 1. The number of amides is 1. The van der Waals surface area contributed by atoms with Gasteiger partial charge in [0.2, 0.25) is 0 Å². The van der Waals surface area contributed by atoms with Crippen LogP contribution in [0.15, 0.2) is 66.7 Å². The van der Waals surface area contributed by atoms with E-state index in [0.29, 0.717) is 34.3 Å². The summed E-state index contributed by atoms with van der Waals surface area (Å²) >= 11 is 12.4. The summed E-state index contributed by atoms with van der Waals surface area (Å²) < 4.78 is 20.8. The molecule has 0 saturated carbocycles. The molecule has 1 aromatic heterocycles. The minimum atomic E-state index is -1.31. The Kier molecular flexibility index (Phi) is 7.00. The smallest absolute Gasteiger partial charge is 0.251 e. The number of ether oxygens (including phenoxy) is 1. The number of nitrogens with zero attached hydrogens (tertiary/aromatic N) is 1. The third-order valence-corrected chi connectivity index (χ3v) is 6.08. The first-order valence-corrected chi connectivity index (χ1v) is 10.9. The maximum Gasteiger partial charge on any atom is 0.251 e. The first kappa shape index (κ1) is 23.3. The van der Waals surface area contributed by atoms with Crippen molar-refractivity contribution in [3.05, 3.63) is 105 Å². The van der Waals surface area contributed by atoms with E-state index in [9.17, 15) is 14.3 Å². The molecule has 0 saturated heterocycles. The van der Waals surface area contributed by atoms with Crippen molar-refractivity contribution >= 4 is 40.0 Å². The molecule has 1 unspecified atom stereocenters. The number of aromatic nitrogens is 1. The zero-order valence-electron chi connectivity index (χ0n) is 17.7. The summed E-state index contributed by atoms with van der Waals surface area (Å²) in [6.45, 7) is 0.606. The van der Waals surface area contributed by atoms with Gasteiger partial charge < -0.3 is 19.7 Å². The molecule has 0 aliphatic heterocycles. The van der Waals surface area contributed by atoms with Gasteiger partial charge in [0.15, 0.2) is 6.29 Å². The first-order chi connectivity index (χ1) is 15.9. The molecule has 0 fully saturated rings. The highest BCUT2D eigenvalue weighted by Crippen LogP contribution is 2.36. The van der Waals surface area contributed by atoms with Crippen molar-refractivity contribution in [2.45, 2.75) is 19.4 Å². The summed E-state index contributed by atoms with van der Waals surface area (Å²) in [7, 11) is 1.35. The van der Waals surface area contributed by atoms with Crippen LogP contribution in [0.25, 0.3) is 10.9 Å². The van der Waals surface area contributed by atoms with Crippen LogP contribution < -0.4 is 5.32 Å². The largest absolute Gasteiger partial charge is 0.363 e. The number of aliphatic hydroxyl groups excluding tert-OH is 1.